The Morgan fingerprint density at radius 1 is 1.35 bits per heavy atom. The third-order valence-corrected chi connectivity index (χ3v) is 5.30. The van der Waals surface area contributed by atoms with Crippen LogP contribution in [0.4, 0.5) is 5.69 Å². The minimum atomic E-state index is -0.816. The van der Waals surface area contributed by atoms with Gasteiger partial charge in [-0.05, 0) is 38.8 Å². The number of piperidine rings is 1. The summed E-state index contributed by atoms with van der Waals surface area (Å²) in [5, 5.41) is 5.13. The predicted octanol–water partition coefficient (Wildman–Crippen LogP) is 3.58. The first-order chi connectivity index (χ1) is 12.3. The summed E-state index contributed by atoms with van der Waals surface area (Å²) < 4.78 is 7.62. The molecule has 1 aliphatic rings. The fourth-order valence-electron chi connectivity index (χ4n) is 3.09. The second-order valence-corrected chi connectivity index (χ2v) is 7.80. The summed E-state index contributed by atoms with van der Waals surface area (Å²) in [5.74, 6) is 0.640. The lowest BCUT2D eigenvalue weighted by molar-refractivity contribution is -0.142. The third kappa shape index (κ3) is 3.91. The SMILES string of the molecule is CC(C)(C(=O)N1CCCC(Oc2ccc(Cl)c(Cl)c2)C1)n1cc(N)cn1. The first kappa shape index (κ1) is 18.9. The lowest BCUT2D eigenvalue weighted by Gasteiger charge is -2.37. The molecule has 6 nitrogen and oxygen atoms in total. The van der Waals surface area contributed by atoms with Crippen LogP contribution in [0.3, 0.4) is 0 Å². The fraction of sp³-hybridized carbons (Fsp3) is 0.444. The second-order valence-electron chi connectivity index (χ2n) is 6.99. The van der Waals surface area contributed by atoms with Gasteiger partial charge in [-0.2, -0.15) is 5.10 Å². The maximum absolute atomic E-state index is 13.1. The van der Waals surface area contributed by atoms with Crippen molar-refractivity contribution in [3.63, 3.8) is 0 Å². The molecule has 0 aliphatic carbocycles. The van der Waals surface area contributed by atoms with E-state index in [1.54, 1.807) is 35.3 Å². The van der Waals surface area contributed by atoms with E-state index >= 15 is 0 Å². The molecule has 1 saturated heterocycles. The van der Waals surface area contributed by atoms with Crippen LogP contribution < -0.4 is 10.5 Å². The zero-order valence-electron chi connectivity index (χ0n) is 14.8. The molecule has 8 heteroatoms. The smallest absolute Gasteiger partial charge is 0.250 e. The third-order valence-electron chi connectivity index (χ3n) is 4.56. The summed E-state index contributed by atoms with van der Waals surface area (Å²) in [6.45, 7) is 4.88. The first-order valence-electron chi connectivity index (χ1n) is 8.49. The number of carbonyl (C=O) groups excluding carboxylic acids is 1. The van der Waals surface area contributed by atoms with Crippen LogP contribution in [0.2, 0.25) is 10.0 Å². The topological polar surface area (TPSA) is 73.4 Å². The standard InChI is InChI=1S/C18H22Cl2N4O2/c1-18(2,24-10-12(21)9-22-24)17(25)23-7-3-4-14(11-23)26-13-5-6-15(19)16(20)8-13/h5-6,8-10,14H,3-4,7,11,21H2,1-2H3. The summed E-state index contributed by atoms with van der Waals surface area (Å²) in [4.78, 5) is 14.9. The number of anilines is 1. The highest BCUT2D eigenvalue weighted by Crippen LogP contribution is 2.29. The van der Waals surface area contributed by atoms with Crippen LogP contribution >= 0.6 is 23.2 Å². The molecule has 1 unspecified atom stereocenters. The molecule has 140 valence electrons. The molecule has 3 rings (SSSR count). The van der Waals surface area contributed by atoms with Crippen molar-refractivity contribution in [3.8, 4) is 5.75 Å². The number of aromatic nitrogens is 2. The van der Waals surface area contributed by atoms with Crippen LogP contribution in [0.25, 0.3) is 0 Å². The second kappa shape index (κ2) is 7.37. The minimum Gasteiger partial charge on any atom is -0.489 e. The summed E-state index contributed by atoms with van der Waals surface area (Å²) in [7, 11) is 0. The van der Waals surface area contributed by atoms with E-state index in [2.05, 4.69) is 5.10 Å². The van der Waals surface area contributed by atoms with Crippen LogP contribution in [0.5, 0.6) is 5.75 Å². The normalized spacial score (nSPS) is 18.0. The van der Waals surface area contributed by atoms with E-state index in [4.69, 9.17) is 33.7 Å². The maximum Gasteiger partial charge on any atom is 0.250 e. The van der Waals surface area contributed by atoms with Gasteiger partial charge in [0, 0.05) is 18.8 Å². The van der Waals surface area contributed by atoms with E-state index in [-0.39, 0.29) is 12.0 Å². The molecule has 0 radical (unpaired) electrons. The van der Waals surface area contributed by atoms with Crippen LogP contribution in [-0.2, 0) is 10.3 Å². The molecule has 1 amide bonds. The Bertz CT molecular complexity index is 806. The average molecular weight is 397 g/mol. The van der Waals surface area contributed by atoms with Crippen LogP contribution in [0.1, 0.15) is 26.7 Å². The van der Waals surface area contributed by atoms with Crippen molar-refractivity contribution >= 4 is 34.8 Å². The number of benzene rings is 1. The number of hydrogen-bond acceptors (Lipinski definition) is 4. The Morgan fingerprint density at radius 3 is 2.77 bits per heavy atom. The van der Waals surface area contributed by atoms with E-state index in [0.29, 0.717) is 34.6 Å². The molecule has 1 fully saturated rings. The van der Waals surface area contributed by atoms with Gasteiger partial charge in [0.05, 0.1) is 28.5 Å². The fourth-order valence-corrected chi connectivity index (χ4v) is 3.38. The number of nitrogens with two attached hydrogens (primary N) is 1. The molecule has 2 heterocycles. The molecule has 0 bridgehead atoms. The summed E-state index contributed by atoms with van der Waals surface area (Å²) in [6, 6.07) is 5.18. The van der Waals surface area contributed by atoms with Crippen molar-refractivity contribution in [1.82, 2.24) is 14.7 Å². The van der Waals surface area contributed by atoms with E-state index < -0.39 is 5.54 Å². The zero-order valence-corrected chi connectivity index (χ0v) is 16.3. The molecule has 1 atom stereocenters. The predicted molar refractivity (Wildman–Crippen MR) is 103 cm³/mol. The van der Waals surface area contributed by atoms with E-state index in [1.165, 1.54) is 0 Å². The van der Waals surface area contributed by atoms with Gasteiger partial charge in [-0.3, -0.25) is 9.48 Å². The highest BCUT2D eigenvalue weighted by molar-refractivity contribution is 6.42. The Hall–Kier alpha value is -1.92. The van der Waals surface area contributed by atoms with Gasteiger partial charge in [0.15, 0.2) is 0 Å². The first-order valence-corrected chi connectivity index (χ1v) is 9.24. The van der Waals surface area contributed by atoms with Crippen LogP contribution in [-0.4, -0.2) is 39.8 Å². The monoisotopic (exact) mass is 396 g/mol. The molecule has 1 aliphatic heterocycles. The van der Waals surface area contributed by atoms with E-state index in [1.807, 2.05) is 18.7 Å². The molecule has 2 N–H and O–H groups in total. The molecule has 0 saturated carbocycles. The van der Waals surface area contributed by atoms with Gasteiger partial charge in [0.1, 0.15) is 17.4 Å². The van der Waals surface area contributed by atoms with Crippen LogP contribution in [0.15, 0.2) is 30.6 Å². The van der Waals surface area contributed by atoms with Crippen LogP contribution in [0, 0.1) is 0 Å². The zero-order chi connectivity index (χ0) is 18.9. The Balaban J connectivity index is 1.69. The van der Waals surface area contributed by atoms with Gasteiger partial charge in [0.2, 0.25) is 5.91 Å². The number of nitrogens with zero attached hydrogens (tertiary/aromatic N) is 3. The minimum absolute atomic E-state index is 0.0111. The molecule has 1 aromatic carbocycles. The Morgan fingerprint density at radius 2 is 2.12 bits per heavy atom. The number of hydrogen-bond donors (Lipinski definition) is 1. The van der Waals surface area contributed by atoms with Gasteiger partial charge in [0.25, 0.3) is 0 Å². The van der Waals surface area contributed by atoms with Gasteiger partial charge in [-0.25, -0.2) is 0 Å². The quantitative estimate of drug-likeness (QED) is 0.856. The van der Waals surface area contributed by atoms with Crippen molar-refractivity contribution in [3.05, 3.63) is 40.6 Å². The number of ether oxygens (including phenoxy) is 1. The molecule has 0 spiro atoms. The van der Waals surface area contributed by atoms with Crippen molar-refractivity contribution in [1.29, 1.82) is 0 Å². The molecule has 26 heavy (non-hydrogen) atoms. The molecule has 1 aromatic heterocycles. The molecular formula is C18H22Cl2N4O2. The Kier molecular flexibility index (Phi) is 5.34. The van der Waals surface area contributed by atoms with Gasteiger partial charge < -0.3 is 15.4 Å². The number of rotatable bonds is 4. The number of nitrogen functional groups attached to an aromatic ring is 1. The average Bonchev–Trinajstić information content (AvgIpc) is 3.05. The van der Waals surface area contributed by atoms with Crippen molar-refractivity contribution in [2.45, 2.75) is 38.3 Å². The number of halogens is 2. The van der Waals surface area contributed by atoms with Gasteiger partial charge in [-0.1, -0.05) is 23.2 Å². The van der Waals surface area contributed by atoms with Crippen molar-refractivity contribution < 1.29 is 9.53 Å². The Labute approximate surface area is 162 Å². The summed E-state index contributed by atoms with van der Waals surface area (Å²) >= 11 is 12.0. The van der Waals surface area contributed by atoms with Gasteiger partial charge in [-0.15, -0.1) is 0 Å². The van der Waals surface area contributed by atoms with Crippen molar-refractivity contribution in [2.75, 3.05) is 18.8 Å². The molecular weight excluding hydrogens is 375 g/mol. The number of likely N-dealkylation sites (tertiary alicyclic amines) is 1. The lowest BCUT2D eigenvalue weighted by Crippen LogP contribution is -2.52. The van der Waals surface area contributed by atoms with E-state index in [0.717, 1.165) is 12.8 Å². The van der Waals surface area contributed by atoms with Gasteiger partial charge >= 0.3 is 0 Å². The maximum atomic E-state index is 13.1. The highest BCUT2D eigenvalue weighted by atomic mass is 35.5. The number of carbonyl (C=O) groups is 1. The summed E-state index contributed by atoms with van der Waals surface area (Å²) in [5.41, 5.74) is 5.45. The van der Waals surface area contributed by atoms with Crippen molar-refractivity contribution in [2.24, 2.45) is 0 Å². The molecule has 2 aromatic rings. The largest absolute Gasteiger partial charge is 0.489 e. The number of amides is 1. The highest BCUT2D eigenvalue weighted by Gasteiger charge is 2.37. The summed E-state index contributed by atoms with van der Waals surface area (Å²) in [6.07, 6.45) is 4.87. The lowest BCUT2D eigenvalue weighted by atomic mass is 10.0. The van der Waals surface area contributed by atoms with E-state index in [9.17, 15) is 4.79 Å².